The normalized spacial score (nSPS) is 10.8. The summed E-state index contributed by atoms with van der Waals surface area (Å²) >= 11 is 0. The zero-order chi connectivity index (χ0) is 13.2. The maximum Gasteiger partial charge on any atom is 0.169 e. The number of aromatic nitrogens is 4. The molecule has 0 bridgehead atoms. The number of nitrogens with two attached hydrogens (primary N) is 1. The molecule has 2 heterocycles. The lowest BCUT2D eigenvalue weighted by Crippen LogP contribution is -2.03. The lowest BCUT2D eigenvalue weighted by Gasteiger charge is -2.09. The summed E-state index contributed by atoms with van der Waals surface area (Å²) in [7, 11) is 1.84. The number of benzene rings is 1. The summed E-state index contributed by atoms with van der Waals surface area (Å²) < 4.78 is 1.68. The standard InChI is InChI=1S/C13H14N6/c1-19-8-17-12(18-19)7-16-11-5-4-10(14)9-3-2-6-15-13(9)11/h2-6,8,16H,7,14H2,1H3. The molecular weight excluding hydrogens is 240 g/mol. The number of nitrogen functional groups attached to an aromatic ring is 1. The molecule has 6 heteroatoms. The molecule has 0 amide bonds. The van der Waals surface area contributed by atoms with Crippen molar-refractivity contribution in [1.82, 2.24) is 19.7 Å². The number of anilines is 2. The van der Waals surface area contributed by atoms with Crippen LogP contribution in [0.5, 0.6) is 0 Å². The number of pyridine rings is 1. The molecule has 1 aromatic carbocycles. The average molecular weight is 254 g/mol. The fourth-order valence-corrected chi connectivity index (χ4v) is 1.98. The molecular formula is C13H14N6. The van der Waals surface area contributed by atoms with E-state index in [1.54, 1.807) is 17.2 Å². The first-order chi connectivity index (χ1) is 9.24. The monoisotopic (exact) mass is 254 g/mol. The highest BCUT2D eigenvalue weighted by Crippen LogP contribution is 2.26. The van der Waals surface area contributed by atoms with Gasteiger partial charge in [0.2, 0.25) is 0 Å². The van der Waals surface area contributed by atoms with Crippen molar-refractivity contribution in [2.75, 3.05) is 11.1 Å². The van der Waals surface area contributed by atoms with Gasteiger partial charge in [-0.25, -0.2) is 4.98 Å². The van der Waals surface area contributed by atoms with Gasteiger partial charge in [0.15, 0.2) is 5.82 Å². The summed E-state index contributed by atoms with van der Waals surface area (Å²) in [4.78, 5) is 8.54. The fourth-order valence-electron chi connectivity index (χ4n) is 1.98. The van der Waals surface area contributed by atoms with E-state index in [1.807, 2.05) is 31.3 Å². The maximum atomic E-state index is 5.94. The molecule has 6 nitrogen and oxygen atoms in total. The Labute approximate surface area is 110 Å². The predicted molar refractivity (Wildman–Crippen MR) is 74.5 cm³/mol. The molecule has 19 heavy (non-hydrogen) atoms. The smallest absolute Gasteiger partial charge is 0.169 e. The highest BCUT2D eigenvalue weighted by molar-refractivity contribution is 5.98. The van der Waals surface area contributed by atoms with Gasteiger partial charge < -0.3 is 11.1 Å². The Morgan fingerprint density at radius 2 is 2.16 bits per heavy atom. The fraction of sp³-hybridized carbons (Fsp3) is 0.154. The third kappa shape index (κ3) is 2.20. The first-order valence-electron chi connectivity index (χ1n) is 5.95. The summed E-state index contributed by atoms with van der Waals surface area (Å²) in [5.41, 5.74) is 8.45. The Morgan fingerprint density at radius 1 is 1.26 bits per heavy atom. The third-order valence-electron chi connectivity index (χ3n) is 2.89. The van der Waals surface area contributed by atoms with Crippen molar-refractivity contribution in [1.29, 1.82) is 0 Å². The molecule has 2 aromatic heterocycles. The van der Waals surface area contributed by atoms with Crippen LogP contribution in [0.25, 0.3) is 10.9 Å². The molecule has 0 aliphatic rings. The third-order valence-corrected chi connectivity index (χ3v) is 2.89. The van der Waals surface area contributed by atoms with Crippen molar-refractivity contribution < 1.29 is 0 Å². The molecule has 0 saturated heterocycles. The molecule has 0 aliphatic carbocycles. The van der Waals surface area contributed by atoms with Crippen LogP contribution in [0, 0.1) is 0 Å². The van der Waals surface area contributed by atoms with Crippen LogP contribution in [0.2, 0.25) is 0 Å². The SMILES string of the molecule is Cn1cnc(CNc2ccc(N)c3cccnc23)n1. The quantitative estimate of drug-likeness (QED) is 0.693. The van der Waals surface area contributed by atoms with E-state index in [2.05, 4.69) is 20.4 Å². The minimum Gasteiger partial charge on any atom is -0.398 e. The van der Waals surface area contributed by atoms with E-state index >= 15 is 0 Å². The largest absolute Gasteiger partial charge is 0.398 e. The average Bonchev–Trinajstić information content (AvgIpc) is 2.84. The van der Waals surface area contributed by atoms with Crippen LogP contribution in [0.1, 0.15) is 5.82 Å². The Hall–Kier alpha value is -2.63. The van der Waals surface area contributed by atoms with E-state index in [-0.39, 0.29) is 0 Å². The predicted octanol–water partition coefficient (Wildman–Crippen LogP) is 1.56. The van der Waals surface area contributed by atoms with Gasteiger partial charge >= 0.3 is 0 Å². The van der Waals surface area contributed by atoms with E-state index in [9.17, 15) is 0 Å². The zero-order valence-corrected chi connectivity index (χ0v) is 10.5. The van der Waals surface area contributed by atoms with Crippen LogP contribution in [-0.4, -0.2) is 19.7 Å². The van der Waals surface area contributed by atoms with Crippen LogP contribution < -0.4 is 11.1 Å². The van der Waals surface area contributed by atoms with Gasteiger partial charge in [0.1, 0.15) is 6.33 Å². The molecule has 0 radical (unpaired) electrons. The minimum atomic E-state index is 0.552. The van der Waals surface area contributed by atoms with Gasteiger partial charge in [-0.3, -0.25) is 9.67 Å². The first kappa shape index (κ1) is 11.5. The van der Waals surface area contributed by atoms with Crippen molar-refractivity contribution in [2.24, 2.45) is 7.05 Å². The Bertz CT molecular complexity index is 718. The van der Waals surface area contributed by atoms with E-state index in [4.69, 9.17) is 5.73 Å². The van der Waals surface area contributed by atoms with Crippen LogP contribution >= 0.6 is 0 Å². The first-order valence-corrected chi connectivity index (χ1v) is 5.95. The Morgan fingerprint density at radius 3 is 2.95 bits per heavy atom. The summed E-state index contributed by atoms with van der Waals surface area (Å²) in [6.07, 6.45) is 3.43. The van der Waals surface area contributed by atoms with E-state index < -0.39 is 0 Å². The minimum absolute atomic E-state index is 0.552. The topological polar surface area (TPSA) is 81.7 Å². The Balaban J connectivity index is 1.91. The molecule has 0 unspecified atom stereocenters. The number of fused-ring (bicyclic) bond motifs is 1. The summed E-state index contributed by atoms with van der Waals surface area (Å²) in [6.45, 7) is 0.552. The van der Waals surface area contributed by atoms with Crippen molar-refractivity contribution >= 4 is 22.3 Å². The van der Waals surface area contributed by atoms with Crippen LogP contribution in [0.15, 0.2) is 36.8 Å². The molecule has 0 saturated carbocycles. The van der Waals surface area contributed by atoms with Gasteiger partial charge in [0.25, 0.3) is 0 Å². The van der Waals surface area contributed by atoms with Crippen molar-refractivity contribution in [3.8, 4) is 0 Å². The molecule has 0 fully saturated rings. The highest BCUT2D eigenvalue weighted by Gasteiger charge is 2.05. The lowest BCUT2D eigenvalue weighted by molar-refractivity contribution is 0.747. The second-order valence-corrected chi connectivity index (χ2v) is 4.29. The second kappa shape index (κ2) is 4.56. The number of aryl methyl sites for hydroxylation is 1. The van der Waals surface area contributed by atoms with Crippen LogP contribution in [0.3, 0.4) is 0 Å². The zero-order valence-electron chi connectivity index (χ0n) is 10.5. The summed E-state index contributed by atoms with van der Waals surface area (Å²) in [6, 6.07) is 7.64. The maximum absolute atomic E-state index is 5.94. The molecule has 96 valence electrons. The molecule has 0 aliphatic heterocycles. The molecule has 3 rings (SSSR count). The molecule has 3 N–H and O–H groups in total. The van der Waals surface area contributed by atoms with E-state index in [0.29, 0.717) is 6.54 Å². The molecule has 0 spiro atoms. The van der Waals surface area contributed by atoms with Gasteiger partial charge in [0, 0.05) is 24.3 Å². The molecule has 0 atom stereocenters. The van der Waals surface area contributed by atoms with Gasteiger partial charge in [-0.15, -0.1) is 0 Å². The van der Waals surface area contributed by atoms with Crippen LogP contribution in [-0.2, 0) is 13.6 Å². The van der Waals surface area contributed by atoms with E-state index in [0.717, 1.165) is 28.1 Å². The number of nitrogens with zero attached hydrogens (tertiary/aromatic N) is 4. The van der Waals surface area contributed by atoms with Gasteiger partial charge in [-0.2, -0.15) is 5.10 Å². The van der Waals surface area contributed by atoms with Gasteiger partial charge in [0.05, 0.1) is 17.7 Å². The number of nitrogens with one attached hydrogen (secondary N) is 1. The summed E-state index contributed by atoms with van der Waals surface area (Å²) in [5, 5.41) is 8.46. The highest BCUT2D eigenvalue weighted by atomic mass is 15.3. The number of hydrogen-bond acceptors (Lipinski definition) is 5. The Kier molecular flexibility index (Phi) is 2.75. The van der Waals surface area contributed by atoms with E-state index in [1.165, 1.54) is 0 Å². The number of rotatable bonds is 3. The van der Waals surface area contributed by atoms with Crippen molar-refractivity contribution in [2.45, 2.75) is 6.54 Å². The van der Waals surface area contributed by atoms with Gasteiger partial charge in [-0.1, -0.05) is 0 Å². The lowest BCUT2D eigenvalue weighted by atomic mass is 10.1. The number of hydrogen-bond donors (Lipinski definition) is 2. The second-order valence-electron chi connectivity index (χ2n) is 4.29. The van der Waals surface area contributed by atoms with Gasteiger partial charge in [-0.05, 0) is 24.3 Å². The molecule has 3 aromatic rings. The van der Waals surface area contributed by atoms with Crippen LogP contribution in [0.4, 0.5) is 11.4 Å². The van der Waals surface area contributed by atoms with Crippen molar-refractivity contribution in [3.05, 3.63) is 42.6 Å². The van der Waals surface area contributed by atoms with Crippen molar-refractivity contribution in [3.63, 3.8) is 0 Å². The summed E-state index contributed by atoms with van der Waals surface area (Å²) in [5.74, 6) is 0.739.